The summed E-state index contributed by atoms with van der Waals surface area (Å²) in [5.74, 6) is 0.0248. The molecule has 0 saturated carbocycles. The molecular formula is C20H23N5O. The van der Waals surface area contributed by atoms with Crippen LogP contribution in [0.2, 0.25) is 0 Å². The van der Waals surface area contributed by atoms with Crippen LogP contribution in [0.3, 0.4) is 0 Å². The van der Waals surface area contributed by atoms with Crippen LogP contribution in [-0.4, -0.2) is 39.2 Å². The largest absolute Gasteiger partial charge is 0.326 e. The Hall–Kier alpha value is -2.99. The van der Waals surface area contributed by atoms with E-state index in [2.05, 4.69) is 39.4 Å². The molecule has 1 amide bonds. The average Bonchev–Trinajstić information content (AvgIpc) is 3.21. The van der Waals surface area contributed by atoms with Gasteiger partial charge in [0.2, 0.25) is 5.91 Å². The number of nitrogens with zero attached hydrogens (tertiary/aromatic N) is 4. The Morgan fingerprint density at radius 2 is 1.88 bits per heavy atom. The summed E-state index contributed by atoms with van der Waals surface area (Å²) in [6.07, 6.45) is 3.65. The van der Waals surface area contributed by atoms with Gasteiger partial charge in [0.05, 0.1) is 5.69 Å². The standard InChI is InChI=1S/C20H23N5O/c1-16(17-8-10-19(11-9-17)25-15-21-14-22-25)24(2)13-12-20(26)23-18-6-4-3-5-7-18/h3-11,14-16H,12-13H2,1-2H3,(H,23,26). The van der Waals surface area contributed by atoms with Crippen molar-refractivity contribution in [3.63, 3.8) is 0 Å². The number of para-hydroxylation sites is 1. The van der Waals surface area contributed by atoms with Gasteiger partial charge < -0.3 is 5.32 Å². The Balaban J connectivity index is 1.52. The summed E-state index contributed by atoms with van der Waals surface area (Å²) in [5.41, 5.74) is 3.00. The number of carbonyl (C=O) groups is 1. The van der Waals surface area contributed by atoms with Crippen LogP contribution in [-0.2, 0) is 4.79 Å². The van der Waals surface area contributed by atoms with Gasteiger partial charge in [0.15, 0.2) is 0 Å². The minimum atomic E-state index is 0.0248. The maximum Gasteiger partial charge on any atom is 0.225 e. The lowest BCUT2D eigenvalue weighted by Gasteiger charge is -2.25. The Morgan fingerprint density at radius 3 is 2.54 bits per heavy atom. The van der Waals surface area contributed by atoms with E-state index < -0.39 is 0 Å². The second-order valence-corrected chi connectivity index (χ2v) is 6.25. The number of hydrogen-bond acceptors (Lipinski definition) is 4. The van der Waals surface area contributed by atoms with Crippen molar-refractivity contribution in [1.82, 2.24) is 19.7 Å². The summed E-state index contributed by atoms with van der Waals surface area (Å²) in [6.45, 7) is 2.82. The van der Waals surface area contributed by atoms with Crippen LogP contribution in [0.4, 0.5) is 5.69 Å². The molecular weight excluding hydrogens is 326 g/mol. The van der Waals surface area contributed by atoms with Crippen LogP contribution < -0.4 is 5.32 Å². The lowest BCUT2D eigenvalue weighted by atomic mass is 10.1. The summed E-state index contributed by atoms with van der Waals surface area (Å²) in [5, 5.41) is 7.05. The highest BCUT2D eigenvalue weighted by atomic mass is 16.1. The van der Waals surface area contributed by atoms with E-state index in [1.54, 1.807) is 11.0 Å². The molecule has 0 radical (unpaired) electrons. The summed E-state index contributed by atoms with van der Waals surface area (Å²) < 4.78 is 1.73. The van der Waals surface area contributed by atoms with Crippen molar-refractivity contribution < 1.29 is 4.79 Å². The van der Waals surface area contributed by atoms with Gasteiger partial charge in [0.25, 0.3) is 0 Å². The molecule has 0 spiro atoms. The van der Waals surface area contributed by atoms with Gasteiger partial charge in [-0.15, -0.1) is 0 Å². The molecule has 134 valence electrons. The van der Waals surface area contributed by atoms with E-state index in [-0.39, 0.29) is 11.9 Å². The van der Waals surface area contributed by atoms with Crippen molar-refractivity contribution in [3.8, 4) is 5.69 Å². The topological polar surface area (TPSA) is 63.1 Å². The SMILES string of the molecule is CC(c1ccc(-n2cncn2)cc1)N(C)CCC(=O)Nc1ccccc1. The van der Waals surface area contributed by atoms with E-state index in [1.165, 1.54) is 11.9 Å². The number of carbonyl (C=O) groups excluding carboxylic acids is 1. The Morgan fingerprint density at radius 1 is 1.15 bits per heavy atom. The van der Waals surface area contributed by atoms with Crippen molar-refractivity contribution in [2.45, 2.75) is 19.4 Å². The summed E-state index contributed by atoms with van der Waals surface area (Å²) in [7, 11) is 2.03. The highest BCUT2D eigenvalue weighted by Crippen LogP contribution is 2.20. The maximum atomic E-state index is 12.1. The Bertz CT molecular complexity index is 815. The maximum absolute atomic E-state index is 12.1. The second kappa shape index (κ2) is 8.40. The zero-order chi connectivity index (χ0) is 18.4. The first kappa shape index (κ1) is 17.8. The predicted molar refractivity (Wildman–Crippen MR) is 102 cm³/mol. The summed E-state index contributed by atoms with van der Waals surface area (Å²) >= 11 is 0. The number of aromatic nitrogens is 3. The van der Waals surface area contributed by atoms with E-state index in [4.69, 9.17) is 0 Å². The van der Waals surface area contributed by atoms with Gasteiger partial charge in [-0.2, -0.15) is 5.10 Å². The van der Waals surface area contributed by atoms with E-state index in [0.717, 1.165) is 11.4 Å². The first-order chi connectivity index (χ1) is 12.6. The number of rotatable bonds is 7. The van der Waals surface area contributed by atoms with Crippen molar-refractivity contribution in [2.75, 3.05) is 18.9 Å². The molecule has 0 aliphatic rings. The molecule has 0 bridgehead atoms. The molecule has 1 atom stereocenters. The fourth-order valence-corrected chi connectivity index (χ4v) is 2.72. The first-order valence-electron chi connectivity index (χ1n) is 8.63. The van der Waals surface area contributed by atoms with Crippen molar-refractivity contribution in [3.05, 3.63) is 72.8 Å². The van der Waals surface area contributed by atoms with Crippen LogP contribution in [0.1, 0.15) is 24.9 Å². The molecule has 1 N–H and O–H groups in total. The van der Waals surface area contributed by atoms with Crippen molar-refractivity contribution in [2.24, 2.45) is 0 Å². The molecule has 3 aromatic rings. The molecule has 0 aliphatic heterocycles. The molecule has 1 unspecified atom stereocenters. The minimum absolute atomic E-state index is 0.0248. The van der Waals surface area contributed by atoms with E-state index in [1.807, 2.05) is 49.5 Å². The van der Waals surface area contributed by atoms with Gasteiger partial charge in [-0.05, 0) is 43.8 Å². The number of anilines is 1. The van der Waals surface area contributed by atoms with E-state index in [9.17, 15) is 4.79 Å². The molecule has 3 rings (SSSR count). The lowest BCUT2D eigenvalue weighted by molar-refractivity contribution is -0.116. The van der Waals surface area contributed by atoms with E-state index in [0.29, 0.717) is 13.0 Å². The molecule has 0 saturated heterocycles. The number of hydrogen-bond donors (Lipinski definition) is 1. The lowest BCUT2D eigenvalue weighted by Crippen LogP contribution is -2.27. The van der Waals surface area contributed by atoms with Crippen LogP contribution in [0.25, 0.3) is 5.69 Å². The monoisotopic (exact) mass is 349 g/mol. The third kappa shape index (κ3) is 4.55. The molecule has 6 nitrogen and oxygen atoms in total. The average molecular weight is 349 g/mol. The fraction of sp³-hybridized carbons (Fsp3) is 0.250. The zero-order valence-electron chi connectivity index (χ0n) is 15.0. The van der Waals surface area contributed by atoms with Gasteiger partial charge in [-0.25, -0.2) is 9.67 Å². The smallest absolute Gasteiger partial charge is 0.225 e. The minimum Gasteiger partial charge on any atom is -0.326 e. The molecule has 26 heavy (non-hydrogen) atoms. The van der Waals surface area contributed by atoms with Crippen LogP contribution in [0.5, 0.6) is 0 Å². The first-order valence-corrected chi connectivity index (χ1v) is 8.63. The van der Waals surface area contributed by atoms with Crippen molar-refractivity contribution >= 4 is 11.6 Å². The second-order valence-electron chi connectivity index (χ2n) is 6.25. The third-order valence-electron chi connectivity index (χ3n) is 4.47. The van der Waals surface area contributed by atoms with Crippen LogP contribution >= 0.6 is 0 Å². The van der Waals surface area contributed by atoms with Gasteiger partial charge >= 0.3 is 0 Å². The Labute approximate surface area is 153 Å². The molecule has 0 aliphatic carbocycles. The number of nitrogens with one attached hydrogen (secondary N) is 1. The number of benzene rings is 2. The van der Waals surface area contributed by atoms with Crippen LogP contribution in [0.15, 0.2) is 67.3 Å². The summed E-state index contributed by atoms with van der Waals surface area (Å²) in [6, 6.07) is 18.0. The Kier molecular flexibility index (Phi) is 5.76. The van der Waals surface area contributed by atoms with Gasteiger partial charge in [-0.1, -0.05) is 30.3 Å². The van der Waals surface area contributed by atoms with Crippen LogP contribution in [0, 0.1) is 0 Å². The van der Waals surface area contributed by atoms with Gasteiger partial charge in [0.1, 0.15) is 12.7 Å². The van der Waals surface area contributed by atoms with Gasteiger partial charge in [-0.3, -0.25) is 9.69 Å². The zero-order valence-corrected chi connectivity index (χ0v) is 15.0. The predicted octanol–water partition coefficient (Wildman–Crippen LogP) is 3.29. The van der Waals surface area contributed by atoms with Crippen molar-refractivity contribution in [1.29, 1.82) is 0 Å². The summed E-state index contributed by atoms with van der Waals surface area (Å²) in [4.78, 5) is 18.2. The third-order valence-corrected chi connectivity index (χ3v) is 4.47. The highest BCUT2D eigenvalue weighted by Gasteiger charge is 2.13. The molecule has 1 heterocycles. The van der Waals surface area contributed by atoms with Gasteiger partial charge in [0, 0.05) is 24.7 Å². The molecule has 0 fully saturated rings. The number of amides is 1. The van der Waals surface area contributed by atoms with E-state index >= 15 is 0 Å². The fourth-order valence-electron chi connectivity index (χ4n) is 2.72. The molecule has 1 aromatic heterocycles. The quantitative estimate of drug-likeness (QED) is 0.711. The molecule has 6 heteroatoms. The molecule has 2 aromatic carbocycles. The highest BCUT2D eigenvalue weighted by molar-refractivity contribution is 5.90. The normalized spacial score (nSPS) is 12.1.